The van der Waals surface area contributed by atoms with E-state index in [0.717, 1.165) is 24.7 Å². The molecular formula is C13H25BO3. The van der Waals surface area contributed by atoms with E-state index in [1.165, 1.54) is 0 Å². The van der Waals surface area contributed by atoms with Crippen molar-refractivity contribution in [2.24, 2.45) is 5.92 Å². The molecule has 0 bridgehead atoms. The minimum absolute atomic E-state index is 0.688. The highest BCUT2D eigenvalue weighted by atomic mass is 16.5. The number of hydrogen-bond acceptors (Lipinski definition) is 3. The minimum atomic E-state index is -0.990. The fraction of sp³-hybridized carbons (Fsp3) is 0.846. The Bertz CT molecular complexity index is 292. The minimum Gasteiger partial charge on any atom is -0.423 e. The van der Waals surface area contributed by atoms with E-state index in [2.05, 4.69) is 13.0 Å². The van der Waals surface area contributed by atoms with Gasteiger partial charge in [-0.25, -0.2) is 0 Å². The van der Waals surface area contributed by atoms with Gasteiger partial charge in [0.2, 0.25) is 0 Å². The lowest BCUT2D eigenvalue weighted by Gasteiger charge is -2.39. The topological polar surface area (TPSA) is 49.7 Å². The summed E-state index contributed by atoms with van der Waals surface area (Å²) >= 11 is 0. The van der Waals surface area contributed by atoms with Crippen molar-refractivity contribution < 1.29 is 14.8 Å². The molecule has 0 saturated heterocycles. The zero-order chi connectivity index (χ0) is 13.3. The fourth-order valence-electron chi connectivity index (χ4n) is 1.71. The lowest BCUT2D eigenvalue weighted by atomic mass is 9.70. The molecule has 0 aromatic rings. The zero-order valence-corrected chi connectivity index (χ0v) is 11.7. The molecular weight excluding hydrogens is 215 g/mol. The van der Waals surface area contributed by atoms with Crippen molar-refractivity contribution in [3.63, 3.8) is 0 Å². The maximum atomic E-state index is 10.1. The molecule has 0 aromatic heterocycles. The summed E-state index contributed by atoms with van der Waals surface area (Å²) in [7, 11) is -0.899. The van der Waals surface area contributed by atoms with Crippen LogP contribution in [0.5, 0.6) is 0 Å². The molecule has 0 aromatic carbocycles. The van der Waals surface area contributed by atoms with E-state index in [-0.39, 0.29) is 0 Å². The average molecular weight is 240 g/mol. The summed E-state index contributed by atoms with van der Waals surface area (Å²) in [4.78, 5) is 0. The second-order valence-corrected chi connectivity index (χ2v) is 6.20. The van der Waals surface area contributed by atoms with Crippen LogP contribution in [0.3, 0.4) is 0 Å². The van der Waals surface area contributed by atoms with Gasteiger partial charge in [-0.1, -0.05) is 13.0 Å². The molecule has 0 radical (unpaired) electrons. The predicted molar refractivity (Wildman–Crippen MR) is 70.5 cm³/mol. The van der Waals surface area contributed by atoms with Crippen LogP contribution in [-0.2, 0) is 4.65 Å². The summed E-state index contributed by atoms with van der Waals surface area (Å²) in [6, 6.07) is 0. The van der Waals surface area contributed by atoms with Crippen molar-refractivity contribution in [1.29, 1.82) is 0 Å². The lowest BCUT2D eigenvalue weighted by molar-refractivity contribution is -0.0990. The Balaban J connectivity index is 2.64. The van der Waals surface area contributed by atoms with Crippen LogP contribution >= 0.6 is 0 Å². The summed E-state index contributed by atoms with van der Waals surface area (Å²) in [5.74, 6) is 0.688. The second-order valence-electron chi connectivity index (χ2n) is 6.20. The monoisotopic (exact) mass is 240 g/mol. The van der Waals surface area contributed by atoms with E-state index in [4.69, 9.17) is 4.65 Å². The predicted octanol–water partition coefficient (Wildman–Crippen LogP) is 2.32. The first kappa shape index (κ1) is 14.7. The van der Waals surface area contributed by atoms with E-state index >= 15 is 0 Å². The molecule has 0 saturated carbocycles. The second kappa shape index (κ2) is 5.13. The van der Waals surface area contributed by atoms with Gasteiger partial charge in [0.15, 0.2) is 0 Å². The van der Waals surface area contributed by atoms with E-state index in [9.17, 15) is 10.1 Å². The van der Waals surface area contributed by atoms with Crippen LogP contribution in [0.4, 0.5) is 0 Å². The Morgan fingerprint density at radius 3 is 2.35 bits per heavy atom. The van der Waals surface area contributed by atoms with Gasteiger partial charge in [-0.15, -0.1) is 0 Å². The van der Waals surface area contributed by atoms with Gasteiger partial charge >= 0.3 is 7.12 Å². The van der Waals surface area contributed by atoms with Crippen molar-refractivity contribution in [1.82, 2.24) is 0 Å². The molecule has 0 heterocycles. The first-order valence-electron chi connectivity index (χ1n) is 6.40. The van der Waals surface area contributed by atoms with Crippen molar-refractivity contribution >= 4 is 7.12 Å². The summed E-state index contributed by atoms with van der Waals surface area (Å²) in [6.07, 6.45) is 5.04. The standard InChI is InChI=1S/C13H25BO3/c1-10-6-8-11(9-7-10)14(16)17-13(4,5)12(2,3)15/h8,10,15-16H,6-7,9H2,1-5H3/t10-/m1/s1. The van der Waals surface area contributed by atoms with Gasteiger partial charge in [0.1, 0.15) is 0 Å². The Kier molecular flexibility index (Phi) is 4.45. The highest BCUT2D eigenvalue weighted by Gasteiger charge is 2.40. The summed E-state index contributed by atoms with van der Waals surface area (Å²) in [5, 5.41) is 20.0. The Hall–Kier alpha value is -0.315. The average Bonchev–Trinajstić information content (AvgIpc) is 2.16. The number of allylic oxidation sites excluding steroid dienone is 2. The third-order valence-electron chi connectivity index (χ3n) is 3.91. The van der Waals surface area contributed by atoms with Crippen LogP contribution in [0, 0.1) is 5.92 Å². The summed E-state index contributed by atoms with van der Waals surface area (Å²) < 4.78 is 5.61. The van der Waals surface area contributed by atoms with E-state index in [0.29, 0.717) is 5.92 Å². The molecule has 1 aliphatic rings. The fourth-order valence-corrected chi connectivity index (χ4v) is 1.71. The van der Waals surface area contributed by atoms with Crippen LogP contribution in [0.25, 0.3) is 0 Å². The van der Waals surface area contributed by atoms with Crippen molar-refractivity contribution in [2.45, 2.75) is 65.1 Å². The van der Waals surface area contributed by atoms with Gasteiger partial charge in [-0.2, -0.15) is 0 Å². The SMILES string of the molecule is C[C@@H]1CC=C(B(O)OC(C)(C)C(C)(C)O)CC1. The van der Waals surface area contributed by atoms with Crippen LogP contribution in [0.15, 0.2) is 11.5 Å². The first-order chi connectivity index (χ1) is 7.63. The maximum Gasteiger partial charge on any atom is 0.487 e. The van der Waals surface area contributed by atoms with E-state index in [1.54, 1.807) is 27.7 Å². The number of aliphatic hydroxyl groups is 1. The smallest absolute Gasteiger partial charge is 0.423 e. The van der Waals surface area contributed by atoms with E-state index < -0.39 is 18.3 Å². The quantitative estimate of drug-likeness (QED) is 0.741. The van der Waals surface area contributed by atoms with Gasteiger partial charge in [-0.05, 0) is 58.3 Å². The van der Waals surface area contributed by atoms with Crippen LogP contribution in [0.2, 0.25) is 0 Å². The first-order valence-corrected chi connectivity index (χ1v) is 6.40. The largest absolute Gasteiger partial charge is 0.487 e. The van der Waals surface area contributed by atoms with Crippen LogP contribution < -0.4 is 0 Å². The molecule has 2 N–H and O–H groups in total. The Labute approximate surface area is 105 Å². The number of hydrogen-bond donors (Lipinski definition) is 2. The van der Waals surface area contributed by atoms with Crippen molar-refractivity contribution in [3.05, 3.63) is 11.5 Å². The normalized spacial score (nSPS) is 22.3. The Morgan fingerprint density at radius 1 is 1.35 bits per heavy atom. The third-order valence-corrected chi connectivity index (χ3v) is 3.91. The molecule has 0 fully saturated rings. The molecule has 1 atom stereocenters. The molecule has 17 heavy (non-hydrogen) atoms. The lowest BCUT2D eigenvalue weighted by Crippen LogP contribution is -2.51. The van der Waals surface area contributed by atoms with Gasteiger partial charge in [0.05, 0.1) is 11.2 Å². The molecule has 0 unspecified atom stereocenters. The van der Waals surface area contributed by atoms with Crippen LogP contribution in [-0.4, -0.2) is 28.5 Å². The summed E-state index contributed by atoms with van der Waals surface area (Å²) in [5.41, 5.74) is -0.826. The van der Waals surface area contributed by atoms with Gasteiger partial charge in [0.25, 0.3) is 0 Å². The molecule has 1 rings (SSSR count). The molecule has 4 heteroatoms. The van der Waals surface area contributed by atoms with Gasteiger partial charge < -0.3 is 14.8 Å². The molecule has 0 amide bonds. The van der Waals surface area contributed by atoms with Crippen molar-refractivity contribution in [2.75, 3.05) is 0 Å². The van der Waals surface area contributed by atoms with Gasteiger partial charge in [-0.3, -0.25) is 0 Å². The third kappa shape index (κ3) is 3.83. The molecule has 3 nitrogen and oxygen atoms in total. The highest BCUT2D eigenvalue weighted by molar-refractivity contribution is 6.52. The highest BCUT2D eigenvalue weighted by Crippen LogP contribution is 2.29. The van der Waals surface area contributed by atoms with E-state index in [1.807, 2.05) is 0 Å². The number of rotatable bonds is 4. The van der Waals surface area contributed by atoms with Crippen molar-refractivity contribution in [3.8, 4) is 0 Å². The van der Waals surface area contributed by atoms with Gasteiger partial charge in [0, 0.05) is 0 Å². The maximum absolute atomic E-state index is 10.1. The molecule has 98 valence electrons. The molecule has 1 aliphatic carbocycles. The molecule has 0 aliphatic heterocycles. The summed E-state index contributed by atoms with van der Waals surface area (Å²) in [6.45, 7) is 9.18. The zero-order valence-electron chi connectivity index (χ0n) is 11.7. The molecule has 0 spiro atoms. The van der Waals surface area contributed by atoms with Crippen LogP contribution in [0.1, 0.15) is 53.9 Å². The Morgan fingerprint density at radius 2 is 1.94 bits per heavy atom.